The van der Waals surface area contributed by atoms with Gasteiger partial charge in [0.25, 0.3) is 11.9 Å². The van der Waals surface area contributed by atoms with Crippen LogP contribution in [0.25, 0.3) is 5.95 Å². The zero-order chi connectivity index (χ0) is 16.4. The minimum atomic E-state index is -0.367. The van der Waals surface area contributed by atoms with Gasteiger partial charge in [-0.1, -0.05) is 11.6 Å². The minimum Gasteiger partial charge on any atom is -0.342 e. The highest BCUT2D eigenvalue weighted by Crippen LogP contribution is 2.20. The molecule has 1 N–H and O–H groups in total. The Morgan fingerprint density at radius 2 is 2.09 bits per heavy atom. The number of hydrogen-bond donors (Lipinski definition) is 1. The van der Waals surface area contributed by atoms with E-state index in [9.17, 15) is 4.79 Å². The van der Waals surface area contributed by atoms with E-state index in [1.165, 1.54) is 22.3 Å². The molecule has 3 aromatic heterocycles. The van der Waals surface area contributed by atoms with Gasteiger partial charge in [0.05, 0.1) is 15.9 Å². The second-order valence-electron chi connectivity index (χ2n) is 4.93. The van der Waals surface area contributed by atoms with E-state index < -0.39 is 0 Å². The van der Waals surface area contributed by atoms with Crippen LogP contribution in [0.15, 0.2) is 30.2 Å². The van der Waals surface area contributed by atoms with E-state index in [0.717, 1.165) is 5.56 Å². The summed E-state index contributed by atoms with van der Waals surface area (Å²) in [5.41, 5.74) is 1.47. The third kappa shape index (κ3) is 3.38. The summed E-state index contributed by atoms with van der Waals surface area (Å²) < 4.78 is 2.07. The van der Waals surface area contributed by atoms with E-state index in [1.54, 1.807) is 23.8 Å². The summed E-state index contributed by atoms with van der Waals surface area (Å²) in [5, 5.41) is 8.70. The number of carbonyl (C=O) groups excluding carboxylic acids is 1. The standard InChI is InChI=1S/C14H13ClN6OS/c1-8-4-16-14(17-5-8)21-12(18-7-19-21)9(2)20-13(22)10-3-11(15)23-6-10/h3-7,9H,1-2H3,(H,20,22)/t9-/m0/s1. The Bertz CT molecular complexity index is 828. The molecule has 7 nitrogen and oxygen atoms in total. The highest BCUT2D eigenvalue weighted by molar-refractivity contribution is 7.14. The van der Waals surface area contributed by atoms with Crippen LogP contribution in [0.1, 0.15) is 34.7 Å². The first-order chi connectivity index (χ1) is 11.0. The van der Waals surface area contributed by atoms with Crippen LogP contribution in [0.2, 0.25) is 4.34 Å². The normalized spacial score (nSPS) is 12.1. The first kappa shape index (κ1) is 15.6. The van der Waals surface area contributed by atoms with Gasteiger partial charge in [-0.15, -0.1) is 11.3 Å². The SMILES string of the molecule is Cc1cnc(-n2ncnc2[C@H](C)NC(=O)c2csc(Cl)c2)nc1. The predicted molar refractivity (Wildman–Crippen MR) is 86.9 cm³/mol. The Balaban J connectivity index is 1.81. The number of nitrogens with one attached hydrogen (secondary N) is 1. The summed E-state index contributed by atoms with van der Waals surface area (Å²) in [6.45, 7) is 3.72. The number of aryl methyl sites for hydroxylation is 1. The van der Waals surface area contributed by atoms with Crippen LogP contribution in [0.5, 0.6) is 0 Å². The Kier molecular flexibility index (Phi) is 4.35. The van der Waals surface area contributed by atoms with Gasteiger partial charge in [0, 0.05) is 17.8 Å². The molecular weight excluding hydrogens is 336 g/mol. The van der Waals surface area contributed by atoms with Crippen molar-refractivity contribution in [2.24, 2.45) is 0 Å². The maximum absolute atomic E-state index is 12.2. The summed E-state index contributed by atoms with van der Waals surface area (Å²) in [6.07, 6.45) is 4.80. The largest absolute Gasteiger partial charge is 0.342 e. The van der Waals surface area contributed by atoms with Crippen LogP contribution in [-0.2, 0) is 0 Å². The molecule has 0 aliphatic rings. The lowest BCUT2D eigenvalue weighted by molar-refractivity contribution is 0.0938. The number of aromatic nitrogens is 5. The van der Waals surface area contributed by atoms with Gasteiger partial charge >= 0.3 is 0 Å². The lowest BCUT2D eigenvalue weighted by atomic mass is 10.2. The van der Waals surface area contributed by atoms with Crippen molar-refractivity contribution >= 4 is 28.8 Å². The molecule has 0 saturated carbocycles. The molecule has 0 bridgehead atoms. The van der Waals surface area contributed by atoms with Gasteiger partial charge < -0.3 is 5.32 Å². The molecular formula is C14H13ClN6OS. The fraction of sp³-hybridized carbons (Fsp3) is 0.214. The Labute approximate surface area is 141 Å². The lowest BCUT2D eigenvalue weighted by Crippen LogP contribution is -2.28. The lowest BCUT2D eigenvalue weighted by Gasteiger charge is -2.13. The molecule has 0 radical (unpaired) electrons. The maximum Gasteiger partial charge on any atom is 0.252 e. The van der Waals surface area contributed by atoms with Crippen molar-refractivity contribution in [2.75, 3.05) is 0 Å². The number of hydrogen-bond acceptors (Lipinski definition) is 6. The molecule has 0 spiro atoms. The van der Waals surface area contributed by atoms with E-state index in [1.807, 2.05) is 13.8 Å². The van der Waals surface area contributed by atoms with E-state index in [2.05, 4.69) is 25.4 Å². The van der Waals surface area contributed by atoms with Crippen molar-refractivity contribution in [2.45, 2.75) is 19.9 Å². The second-order valence-corrected chi connectivity index (χ2v) is 6.47. The van der Waals surface area contributed by atoms with Crippen molar-refractivity contribution in [3.63, 3.8) is 0 Å². The molecule has 3 heterocycles. The van der Waals surface area contributed by atoms with Gasteiger partial charge in [-0.05, 0) is 25.5 Å². The molecule has 9 heteroatoms. The van der Waals surface area contributed by atoms with Crippen molar-refractivity contribution in [1.82, 2.24) is 30.0 Å². The maximum atomic E-state index is 12.2. The Morgan fingerprint density at radius 3 is 2.74 bits per heavy atom. The molecule has 0 fully saturated rings. The number of carbonyl (C=O) groups is 1. The number of rotatable bonds is 4. The molecule has 118 valence electrons. The van der Waals surface area contributed by atoms with Crippen LogP contribution in [0.4, 0.5) is 0 Å². The minimum absolute atomic E-state index is 0.222. The number of amides is 1. The van der Waals surface area contributed by atoms with Crippen molar-refractivity contribution in [1.29, 1.82) is 0 Å². The van der Waals surface area contributed by atoms with Gasteiger partial charge in [0.1, 0.15) is 6.33 Å². The molecule has 0 unspecified atom stereocenters. The van der Waals surface area contributed by atoms with E-state index >= 15 is 0 Å². The summed E-state index contributed by atoms with van der Waals surface area (Å²) >= 11 is 7.16. The average Bonchev–Trinajstić information content (AvgIpc) is 3.17. The zero-order valence-corrected chi connectivity index (χ0v) is 14.0. The van der Waals surface area contributed by atoms with Gasteiger partial charge in [-0.2, -0.15) is 9.78 Å². The molecule has 23 heavy (non-hydrogen) atoms. The second kappa shape index (κ2) is 6.43. The monoisotopic (exact) mass is 348 g/mol. The molecule has 0 aliphatic carbocycles. The van der Waals surface area contributed by atoms with Crippen LogP contribution >= 0.6 is 22.9 Å². The average molecular weight is 349 g/mol. The Morgan fingerprint density at radius 1 is 1.35 bits per heavy atom. The van der Waals surface area contributed by atoms with Gasteiger partial charge in [-0.3, -0.25) is 4.79 Å². The number of halogens is 1. The summed E-state index contributed by atoms with van der Waals surface area (Å²) in [6, 6.07) is 1.26. The molecule has 0 aliphatic heterocycles. The van der Waals surface area contributed by atoms with Crippen LogP contribution in [0.3, 0.4) is 0 Å². The molecule has 1 amide bonds. The molecule has 1 atom stereocenters. The molecule has 0 aromatic carbocycles. The van der Waals surface area contributed by atoms with Gasteiger partial charge in [-0.25, -0.2) is 15.0 Å². The van der Waals surface area contributed by atoms with Crippen LogP contribution in [-0.4, -0.2) is 30.6 Å². The molecule has 3 aromatic rings. The van der Waals surface area contributed by atoms with Gasteiger partial charge in [0.15, 0.2) is 5.82 Å². The fourth-order valence-corrected chi connectivity index (χ4v) is 2.83. The van der Waals surface area contributed by atoms with E-state index in [-0.39, 0.29) is 11.9 Å². The molecule has 0 saturated heterocycles. The van der Waals surface area contributed by atoms with Crippen LogP contribution < -0.4 is 5.32 Å². The van der Waals surface area contributed by atoms with Crippen molar-refractivity contribution in [3.05, 3.63) is 51.5 Å². The third-order valence-corrected chi connectivity index (χ3v) is 4.19. The Hall–Kier alpha value is -2.32. The molecule has 3 rings (SSSR count). The van der Waals surface area contributed by atoms with Crippen molar-refractivity contribution < 1.29 is 4.79 Å². The zero-order valence-electron chi connectivity index (χ0n) is 12.4. The quantitative estimate of drug-likeness (QED) is 0.783. The summed E-state index contributed by atoms with van der Waals surface area (Å²) in [4.78, 5) is 24.9. The third-order valence-electron chi connectivity index (χ3n) is 3.10. The first-order valence-electron chi connectivity index (χ1n) is 6.78. The number of thiophene rings is 1. The first-order valence-corrected chi connectivity index (χ1v) is 8.04. The smallest absolute Gasteiger partial charge is 0.252 e. The number of nitrogens with zero attached hydrogens (tertiary/aromatic N) is 5. The van der Waals surface area contributed by atoms with Crippen molar-refractivity contribution in [3.8, 4) is 5.95 Å². The highest BCUT2D eigenvalue weighted by atomic mass is 35.5. The van der Waals surface area contributed by atoms with Crippen LogP contribution in [0, 0.1) is 6.92 Å². The van der Waals surface area contributed by atoms with E-state index in [4.69, 9.17) is 11.6 Å². The summed E-state index contributed by atoms with van der Waals surface area (Å²) in [5.74, 6) is 0.728. The van der Waals surface area contributed by atoms with E-state index in [0.29, 0.717) is 21.7 Å². The summed E-state index contributed by atoms with van der Waals surface area (Å²) in [7, 11) is 0. The topological polar surface area (TPSA) is 85.6 Å². The van der Waals surface area contributed by atoms with Gasteiger partial charge in [0.2, 0.25) is 0 Å². The highest BCUT2D eigenvalue weighted by Gasteiger charge is 2.19. The predicted octanol–water partition coefficient (Wildman–Crippen LogP) is 2.57. The fourth-order valence-electron chi connectivity index (χ4n) is 1.97.